The van der Waals surface area contributed by atoms with Crippen LogP contribution in [0.5, 0.6) is 5.75 Å². The van der Waals surface area contributed by atoms with Crippen molar-refractivity contribution < 1.29 is 19.1 Å². The van der Waals surface area contributed by atoms with Gasteiger partial charge in [-0.15, -0.1) is 0 Å². The first-order chi connectivity index (χ1) is 9.52. The molecule has 0 atom stereocenters. The first-order valence-electron chi connectivity index (χ1n) is 6.65. The highest BCUT2D eigenvalue weighted by Crippen LogP contribution is 2.25. The van der Waals surface area contributed by atoms with Crippen molar-refractivity contribution in [3.05, 3.63) is 28.8 Å². The van der Waals surface area contributed by atoms with Gasteiger partial charge in [0.05, 0.1) is 24.5 Å². The molecule has 0 saturated carbocycles. The third kappa shape index (κ3) is 6.06. The molecule has 0 spiro atoms. The Hall–Kier alpha value is -1.55. The summed E-state index contributed by atoms with van der Waals surface area (Å²) < 4.78 is 10.1. The SMILES string of the molecule is CCCCOC(=O)CCC(=O)Oc1cc(C)ccc1Cl. The van der Waals surface area contributed by atoms with E-state index in [1.807, 2.05) is 19.9 Å². The minimum atomic E-state index is -0.495. The maximum Gasteiger partial charge on any atom is 0.311 e. The van der Waals surface area contributed by atoms with Gasteiger partial charge in [-0.3, -0.25) is 9.59 Å². The summed E-state index contributed by atoms with van der Waals surface area (Å²) in [6.45, 7) is 4.28. The first-order valence-corrected chi connectivity index (χ1v) is 7.03. The molecule has 0 N–H and O–H groups in total. The fourth-order valence-electron chi connectivity index (χ4n) is 1.47. The van der Waals surface area contributed by atoms with Gasteiger partial charge < -0.3 is 9.47 Å². The van der Waals surface area contributed by atoms with E-state index in [-0.39, 0.29) is 18.8 Å². The Kier molecular flexibility index (Phi) is 7.09. The Labute approximate surface area is 124 Å². The molecule has 0 amide bonds. The molecule has 4 nitrogen and oxygen atoms in total. The number of rotatable bonds is 7. The number of hydrogen-bond donors (Lipinski definition) is 0. The van der Waals surface area contributed by atoms with E-state index in [1.165, 1.54) is 0 Å². The summed E-state index contributed by atoms with van der Waals surface area (Å²) in [5, 5.41) is 0.370. The summed E-state index contributed by atoms with van der Waals surface area (Å²) in [6, 6.07) is 5.17. The van der Waals surface area contributed by atoms with Gasteiger partial charge in [-0.25, -0.2) is 0 Å². The molecule has 0 aromatic heterocycles. The predicted octanol–water partition coefficient (Wildman–Crippen LogP) is 3.68. The minimum Gasteiger partial charge on any atom is -0.466 e. The second-order valence-electron chi connectivity index (χ2n) is 4.48. The number of esters is 2. The van der Waals surface area contributed by atoms with Crippen LogP contribution in [0.15, 0.2) is 18.2 Å². The molecule has 0 unspecified atom stereocenters. The fraction of sp³-hybridized carbons (Fsp3) is 0.467. The number of hydrogen-bond acceptors (Lipinski definition) is 4. The molecule has 1 aromatic carbocycles. The lowest BCUT2D eigenvalue weighted by Crippen LogP contribution is -2.13. The highest BCUT2D eigenvalue weighted by molar-refractivity contribution is 6.32. The van der Waals surface area contributed by atoms with Crippen LogP contribution in [0, 0.1) is 6.92 Å². The lowest BCUT2D eigenvalue weighted by Gasteiger charge is -2.07. The Morgan fingerprint density at radius 3 is 2.60 bits per heavy atom. The summed E-state index contributed by atoms with van der Waals surface area (Å²) in [5.41, 5.74) is 0.941. The predicted molar refractivity (Wildman–Crippen MR) is 76.9 cm³/mol. The topological polar surface area (TPSA) is 52.6 Å². The van der Waals surface area contributed by atoms with E-state index < -0.39 is 5.97 Å². The Balaban J connectivity index is 2.36. The van der Waals surface area contributed by atoms with E-state index in [1.54, 1.807) is 12.1 Å². The largest absolute Gasteiger partial charge is 0.466 e. The van der Waals surface area contributed by atoms with E-state index in [0.717, 1.165) is 18.4 Å². The molecule has 0 saturated heterocycles. The van der Waals surface area contributed by atoms with E-state index in [9.17, 15) is 9.59 Å². The average Bonchev–Trinajstić information content (AvgIpc) is 2.41. The molecule has 5 heteroatoms. The third-order valence-corrected chi connectivity index (χ3v) is 2.92. The zero-order valence-electron chi connectivity index (χ0n) is 11.8. The van der Waals surface area contributed by atoms with Gasteiger partial charge in [0.15, 0.2) is 0 Å². The van der Waals surface area contributed by atoms with Crippen LogP contribution in [-0.2, 0) is 14.3 Å². The van der Waals surface area contributed by atoms with Crippen LogP contribution in [0.3, 0.4) is 0 Å². The van der Waals surface area contributed by atoms with E-state index in [2.05, 4.69) is 0 Å². The van der Waals surface area contributed by atoms with Crippen LogP contribution in [0.25, 0.3) is 0 Å². The molecule has 0 heterocycles. The quantitative estimate of drug-likeness (QED) is 0.438. The van der Waals surface area contributed by atoms with Gasteiger partial charge in [0.1, 0.15) is 5.75 Å². The smallest absolute Gasteiger partial charge is 0.311 e. The van der Waals surface area contributed by atoms with Gasteiger partial charge in [0.25, 0.3) is 0 Å². The van der Waals surface area contributed by atoms with Crippen molar-refractivity contribution in [3.8, 4) is 5.75 Å². The van der Waals surface area contributed by atoms with Crippen LogP contribution < -0.4 is 4.74 Å². The third-order valence-electron chi connectivity index (χ3n) is 2.60. The maximum absolute atomic E-state index is 11.6. The Morgan fingerprint density at radius 2 is 1.90 bits per heavy atom. The van der Waals surface area contributed by atoms with Crippen molar-refractivity contribution in [2.24, 2.45) is 0 Å². The lowest BCUT2D eigenvalue weighted by molar-refractivity contribution is -0.147. The van der Waals surface area contributed by atoms with Crippen molar-refractivity contribution >= 4 is 23.5 Å². The summed E-state index contributed by atoms with van der Waals surface area (Å²) in [5.74, 6) is -0.563. The Morgan fingerprint density at radius 1 is 1.20 bits per heavy atom. The van der Waals surface area contributed by atoms with Crippen molar-refractivity contribution in [2.75, 3.05) is 6.61 Å². The first kappa shape index (κ1) is 16.5. The Bertz CT molecular complexity index is 471. The van der Waals surface area contributed by atoms with Gasteiger partial charge in [-0.05, 0) is 31.0 Å². The molecule has 0 bridgehead atoms. The molecule has 1 rings (SSSR count). The highest BCUT2D eigenvalue weighted by atomic mass is 35.5. The van der Waals surface area contributed by atoms with Crippen LogP contribution in [0.4, 0.5) is 0 Å². The molecule has 1 aromatic rings. The number of aryl methyl sites for hydroxylation is 1. The van der Waals surface area contributed by atoms with Crippen LogP contribution in [0.1, 0.15) is 38.2 Å². The number of unbranched alkanes of at least 4 members (excludes halogenated alkanes) is 1. The molecule has 0 fully saturated rings. The van der Waals surface area contributed by atoms with Crippen molar-refractivity contribution in [1.29, 1.82) is 0 Å². The number of halogens is 1. The molecule has 0 radical (unpaired) electrons. The number of benzene rings is 1. The van der Waals surface area contributed by atoms with Crippen molar-refractivity contribution in [1.82, 2.24) is 0 Å². The summed E-state index contributed by atoms with van der Waals surface area (Å²) in [4.78, 5) is 23.0. The van der Waals surface area contributed by atoms with Crippen LogP contribution in [-0.4, -0.2) is 18.5 Å². The molecular weight excluding hydrogens is 280 g/mol. The standard InChI is InChI=1S/C15H19ClO4/c1-3-4-9-19-14(17)7-8-15(18)20-13-10-11(2)5-6-12(13)16/h5-6,10H,3-4,7-9H2,1-2H3. The molecular formula is C15H19ClO4. The summed E-state index contributed by atoms with van der Waals surface area (Å²) >= 11 is 5.92. The average molecular weight is 299 g/mol. The molecule has 0 aliphatic heterocycles. The van der Waals surface area contributed by atoms with Gasteiger partial charge in [-0.2, -0.15) is 0 Å². The molecule has 0 aliphatic rings. The highest BCUT2D eigenvalue weighted by Gasteiger charge is 2.12. The zero-order chi connectivity index (χ0) is 15.0. The molecule has 20 heavy (non-hydrogen) atoms. The lowest BCUT2D eigenvalue weighted by atomic mass is 10.2. The van der Waals surface area contributed by atoms with Gasteiger partial charge in [0, 0.05) is 0 Å². The minimum absolute atomic E-state index is 0.0186. The number of carbonyl (C=O) groups excluding carboxylic acids is 2. The second-order valence-corrected chi connectivity index (χ2v) is 4.89. The zero-order valence-corrected chi connectivity index (χ0v) is 12.5. The summed E-state index contributed by atoms with van der Waals surface area (Å²) in [6.07, 6.45) is 1.79. The van der Waals surface area contributed by atoms with Crippen LogP contribution in [0.2, 0.25) is 5.02 Å². The van der Waals surface area contributed by atoms with E-state index in [0.29, 0.717) is 17.4 Å². The fourth-order valence-corrected chi connectivity index (χ4v) is 1.63. The van der Waals surface area contributed by atoms with Crippen molar-refractivity contribution in [3.63, 3.8) is 0 Å². The normalized spacial score (nSPS) is 10.2. The van der Waals surface area contributed by atoms with Gasteiger partial charge in [-0.1, -0.05) is 31.0 Å². The van der Waals surface area contributed by atoms with Crippen molar-refractivity contribution in [2.45, 2.75) is 39.5 Å². The molecule has 0 aliphatic carbocycles. The maximum atomic E-state index is 11.6. The van der Waals surface area contributed by atoms with E-state index >= 15 is 0 Å². The van der Waals surface area contributed by atoms with E-state index in [4.69, 9.17) is 21.1 Å². The molecule has 110 valence electrons. The number of ether oxygens (including phenoxy) is 2. The van der Waals surface area contributed by atoms with Crippen LogP contribution >= 0.6 is 11.6 Å². The van der Waals surface area contributed by atoms with Gasteiger partial charge in [0.2, 0.25) is 0 Å². The number of carbonyl (C=O) groups is 2. The van der Waals surface area contributed by atoms with Gasteiger partial charge >= 0.3 is 11.9 Å². The summed E-state index contributed by atoms with van der Waals surface area (Å²) in [7, 11) is 0. The monoisotopic (exact) mass is 298 g/mol. The second kappa shape index (κ2) is 8.59.